The number of hydrogen-bond acceptors (Lipinski definition) is 3. The van der Waals surface area contributed by atoms with Crippen molar-refractivity contribution in [2.24, 2.45) is 5.73 Å². The first-order valence-electron chi connectivity index (χ1n) is 3.11. The first-order chi connectivity index (χ1) is 4.34. The number of rotatable bonds is 2. The Morgan fingerprint density at radius 3 is 2.00 bits per heavy atom. The van der Waals surface area contributed by atoms with E-state index in [1.165, 1.54) is 0 Å². The second-order valence-electron chi connectivity index (χ2n) is 3.06. The van der Waals surface area contributed by atoms with Gasteiger partial charge >= 0.3 is 0 Å². The molecule has 0 rings (SSSR count). The average Bonchev–Trinajstić information content (AvgIpc) is 1.60. The molecule has 0 saturated heterocycles. The standard InChI is InChI=1S/C6H15N3O/c1-6(2,7)5(10)8-9(3)4/h7H2,1-4H3,(H,8,10). The van der Waals surface area contributed by atoms with Crippen molar-refractivity contribution in [2.75, 3.05) is 14.1 Å². The largest absolute Gasteiger partial charge is 0.318 e. The summed E-state index contributed by atoms with van der Waals surface area (Å²) < 4.78 is 0. The lowest BCUT2D eigenvalue weighted by Gasteiger charge is -2.20. The molecular weight excluding hydrogens is 130 g/mol. The van der Waals surface area contributed by atoms with E-state index in [9.17, 15) is 4.79 Å². The van der Waals surface area contributed by atoms with Gasteiger partial charge in [-0.2, -0.15) is 0 Å². The number of hydrazine groups is 1. The summed E-state index contributed by atoms with van der Waals surface area (Å²) in [5.74, 6) is -0.183. The van der Waals surface area contributed by atoms with Crippen LogP contribution in [0.2, 0.25) is 0 Å². The molecule has 0 radical (unpaired) electrons. The van der Waals surface area contributed by atoms with Crippen molar-refractivity contribution in [3.63, 3.8) is 0 Å². The second-order valence-corrected chi connectivity index (χ2v) is 3.06. The number of carbonyl (C=O) groups is 1. The monoisotopic (exact) mass is 145 g/mol. The first kappa shape index (κ1) is 9.39. The molecule has 0 aromatic carbocycles. The molecule has 4 nitrogen and oxygen atoms in total. The summed E-state index contributed by atoms with van der Waals surface area (Å²) in [6, 6.07) is 0. The van der Waals surface area contributed by atoms with Gasteiger partial charge in [0.25, 0.3) is 5.91 Å². The lowest BCUT2D eigenvalue weighted by molar-refractivity contribution is -0.129. The van der Waals surface area contributed by atoms with E-state index < -0.39 is 5.54 Å². The van der Waals surface area contributed by atoms with Crippen LogP contribution >= 0.6 is 0 Å². The van der Waals surface area contributed by atoms with Gasteiger partial charge in [0.15, 0.2) is 0 Å². The molecule has 0 heterocycles. The number of nitrogens with two attached hydrogens (primary N) is 1. The van der Waals surface area contributed by atoms with Crippen molar-refractivity contribution < 1.29 is 4.79 Å². The maximum absolute atomic E-state index is 11.0. The third-order valence-electron chi connectivity index (χ3n) is 0.910. The Bertz CT molecular complexity index is 125. The average molecular weight is 145 g/mol. The molecule has 3 N–H and O–H groups in total. The van der Waals surface area contributed by atoms with Crippen LogP contribution in [0.25, 0.3) is 0 Å². The van der Waals surface area contributed by atoms with Crippen molar-refractivity contribution in [1.29, 1.82) is 0 Å². The highest BCUT2D eigenvalue weighted by molar-refractivity contribution is 5.84. The van der Waals surface area contributed by atoms with E-state index >= 15 is 0 Å². The van der Waals surface area contributed by atoms with Crippen LogP contribution in [0, 0.1) is 0 Å². The van der Waals surface area contributed by atoms with E-state index in [-0.39, 0.29) is 5.91 Å². The number of nitrogens with zero attached hydrogens (tertiary/aromatic N) is 1. The van der Waals surface area contributed by atoms with Gasteiger partial charge in [0, 0.05) is 14.1 Å². The van der Waals surface area contributed by atoms with Crippen molar-refractivity contribution >= 4 is 5.91 Å². The zero-order valence-corrected chi connectivity index (χ0v) is 6.93. The van der Waals surface area contributed by atoms with Gasteiger partial charge in [0.1, 0.15) is 0 Å². The fourth-order valence-corrected chi connectivity index (χ4v) is 0.347. The van der Waals surface area contributed by atoms with Gasteiger partial charge in [-0.25, -0.2) is 5.01 Å². The lowest BCUT2D eigenvalue weighted by atomic mass is 10.1. The molecule has 10 heavy (non-hydrogen) atoms. The molecule has 0 fully saturated rings. The molecule has 60 valence electrons. The fourth-order valence-electron chi connectivity index (χ4n) is 0.347. The third-order valence-corrected chi connectivity index (χ3v) is 0.910. The molecule has 0 aliphatic carbocycles. The quantitative estimate of drug-likeness (QED) is 0.506. The van der Waals surface area contributed by atoms with E-state index in [4.69, 9.17) is 5.73 Å². The molecule has 0 aromatic rings. The highest BCUT2D eigenvalue weighted by Crippen LogP contribution is 1.94. The lowest BCUT2D eigenvalue weighted by Crippen LogP contribution is -2.52. The number of hydrogen-bond donors (Lipinski definition) is 2. The van der Waals surface area contributed by atoms with Gasteiger partial charge in [0.2, 0.25) is 0 Å². The Labute approximate surface area is 61.3 Å². The van der Waals surface area contributed by atoms with Gasteiger partial charge in [-0.05, 0) is 13.8 Å². The van der Waals surface area contributed by atoms with Gasteiger partial charge in [0.05, 0.1) is 5.54 Å². The summed E-state index contributed by atoms with van der Waals surface area (Å²) in [6.07, 6.45) is 0. The van der Waals surface area contributed by atoms with Crippen LogP contribution in [0.15, 0.2) is 0 Å². The first-order valence-corrected chi connectivity index (χ1v) is 3.11. The second kappa shape index (κ2) is 2.98. The predicted octanol–water partition coefficient (Wildman–Crippen LogP) is -0.683. The molecule has 0 atom stereocenters. The highest BCUT2D eigenvalue weighted by atomic mass is 16.2. The molecule has 0 spiro atoms. The smallest absolute Gasteiger partial charge is 0.253 e. The van der Waals surface area contributed by atoms with Crippen LogP contribution in [-0.2, 0) is 4.79 Å². The summed E-state index contributed by atoms with van der Waals surface area (Å²) >= 11 is 0. The summed E-state index contributed by atoms with van der Waals surface area (Å²) in [5.41, 5.74) is 7.24. The normalized spacial score (nSPS) is 11.8. The van der Waals surface area contributed by atoms with Gasteiger partial charge in [-0.15, -0.1) is 0 Å². The van der Waals surface area contributed by atoms with Crippen LogP contribution < -0.4 is 11.2 Å². The Morgan fingerprint density at radius 1 is 1.50 bits per heavy atom. The van der Waals surface area contributed by atoms with E-state index in [2.05, 4.69) is 5.43 Å². The van der Waals surface area contributed by atoms with E-state index in [1.54, 1.807) is 33.0 Å². The predicted molar refractivity (Wildman–Crippen MR) is 40.1 cm³/mol. The minimum Gasteiger partial charge on any atom is -0.318 e. The van der Waals surface area contributed by atoms with Crippen molar-refractivity contribution in [2.45, 2.75) is 19.4 Å². The van der Waals surface area contributed by atoms with Crippen LogP contribution in [0.3, 0.4) is 0 Å². The molecule has 4 heteroatoms. The summed E-state index contributed by atoms with van der Waals surface area (Å²) in [7, 11) is 3.48. The van der Waals surface area contributed by atoms with E-state index in [0.717, 1.165) is 0 Å². The van der Waals surface area contributed by atoms with Crippen molar-refractivity contribution in [3.8, 4) is 0 Å². The minimum atomic E-state index is -0.801. The summed E-state index contributed by atoms with van der Waals surface area (Å²) in [6.45, 7) is 3.32. The van der Waals surface area contributed by atoms with Crippen molar-refractivity contribution in [1.82, 2.24) is 10.4 Å². The van der Waals surface area contributed by atoms with Crippen LogP contribution in [0.4, 0.5) is 0 Å². The van der Waals surface area contributed by atoms with Gasteiger partial charge in [-0.1, -0.05) is 0 Å². The molecule has 0 unspecified atom stereocenters. The van der Waals surface area contributed by atoms with E-state index in [1.807, 2.05) is 0 Å². The Morgan fingerprint density at radius 2 is 1.90 bits per heavy atom. The molecular formula is C6H15N3O. The molecule has 0 aromatic heterocycles. The summed E-state index contributed by atoms with van der Waals surface area (Å²) in [5, 5.41) is 1.57. The molecule has 0 aliphatic heterocycles. The summed E-state index contributed by atoms with van der Waals surface area (Å²) in [4.78, 5) is 11.0. The maximum Gasteiger partial charge on any atom is 0.253 e. The van der Waals surface area contributed by atoms with Crippen LogP contribution in [0.5, 0.6) is 0 Å². The van der Waals surface area contributed by atoms with Crippen LogP contribution in [-0.4, -0.2) is 30.6 Å². The van der Waals surface area contributed by atoms with E-state index in [0.29, 0.717) is 0 Å². The number of amides is 1. The topological polar surface area (TPSA) is 58.4 Å². The molecule has 0 aliphatic rings. The fraction of sp³-hybridized carbons (Fsp3) is 0.833. The Kier molecular flexibility index (Phi) is 2.80. The number of carbonyl (C=O) groups excluding carboxylic acids is 1. The molecule has 0 saturated carbocycles. The zero-order chi connectivity index (χ0) is 8.36. The molecule has 1 amide bonds. The molecule has 0 bridgehead atoms. The van der Waals surface area contributed by atoms with Gasteiger partial charge in [-0.3, -0.25) is 10.2 Å². The Balaban J connectivity index is 3.87. The minimum absolute atomic E-state index is 0.183. The third kappa shape index (κ3) is 3.42. The van der Waals surface area contributed by atoms with Crippen molar-refractivity contribution in [3.05, 3.63) is 0 Å². The maximum atomic E-state index is 11.0. The SMILES string of the molecule is CN(C)NC(=O)C(C)(C)N. The van der Waals surface area contributed by atoms with Gasteiger partial charge < -0.3 is 5.73 Å². The Hall–Kier alpha value is -0.610. The zero-order valence-electron chi connectivity index (χ0n) is 6.93. The van der Waals surface area contributed by atoms with Crippen LogP contribution in [0.1, 0.15) is 13.8 Å². The highest BCUT2D eigenvalue weighted by Gasteiger charge is 2.21. The number of nitrogens with one attached hydrogen (secondary N) is 1.